The van der Waals surface area contributed by atoms with Gasteiger partial charge in [-0.05, 0) is 49.7 Å². The second-order valence-electron chi connectivity index (χ2n) is 6.61. The highest BCUT2D eigenvalue weighted by Gasteiger charge is 2.11. The molecule has 0 fully saturated rings. The largest absolute Gasteiger partial charge is 0.489 e. The summed E-state index contributed by atoms with van der Waals surface area (Å²) < 4.78 is 7.75. The first-order valence-corrected chi connectivity index (χ1v) is 9.44. The van der Waals surface area contributed by atoms with E-state index in [0.29, 0.717) is 6.54 Å². The van der Waals surface area contributed by atoms with Crippen LogP contribution in [-0.4, -0.2) is 35.4 Å². The van der Waals surface area contributed by atoms with E-state index in [1.54, 1.807) is 13.2 Å². The molecular formula is C22H28IN5O. The first-order valence-electron chi connectivity index (χ1n) is 9.44. The van der Waals surface area contributed by atoms with Crippen LogP contribution >= 0.6 is 24.0 Å². The smallest absolute Gasteiger partial charge is 0.191 e. The second kappa shape index (κ2) is 11.5. The molecule has 2 unspecified atom stereocenters. The maximum Gasteiger partial charge on any atom is 0.191 e. The van der Waals surface area contributed by atoms with Crippen molar-refractivity contribution in [3.8, 4) is 11.4 Å². The Kier molecular flexibility index (Phi) is 8.98. The molecule has 0 aliphatic heterocycles. The Balaban J connectivity index is 0.00000300. The predicted molar refractivity (Wildman–Crippen MR) is 128 cm³/mol. The SMILES string of the molecule is CN=C(NCC(C)Oc1ccccc1)NC(C)c1cccc(-n2cccn2)c1.I. The van der Waals surface area contributed by atoms with E-state index in [-0.39, 0.29) is 36.1 Å². The summed E-state index contributed by atoms with van der Waals surface area (Å²) in [5.74, 6) is 1.60. The van der Waals surface area contributed by atoms with Gasteiger partial charge in [0.2, 0.25) is 0 Å². The van der Waals surface area contributed by atoms with Crippen LogP contribution in [0.25, 0.3) is 5.69 Å². The van der Waals surface area contributed by atoms with Gasteiger partial charge in [-0.3, -0.25) is 4.99 Å². The number of nitrogens with one attached hydrogen (secondary N) is 2. The lowest BCUT2D eigenvalue weighted by Gasteiger charge is -2.21. The molecule has 0 radical (unpaired) electrons. The van der Waals surface area contributed by atoms with E-state index in [2.05, 4.69) is 39.8 Å². The van der Waals surface area contributed by atoms with Crippen molar-refractivity contribution in [3.63, 3.8) is 0 Å². The molecule has 0 amide bonds. The van der Waals surface area contributed by atoms with E-state index in [1.165, 1.54) is 0 Å². The van der Waals surface area contributed by atoms with Gasteiger partial charge in [-0.25, -0.2) is 4.68 Å². The topological polar surface area (TPSA) is 63.5 Å². The van der Waals surface area contributed by atoms with Gasteiger partial charge in [0.1, 0.15) is 11.9 Å². The molecule has 29 heavy (non-hydrogen) atoms. The molecule has 0 saturated carbocycles. The number of halogens is 1. The lowest BCUT2D eigenvalue weighted by molar-refractivity contribution is 0.223. The molecule has 0 bridgehead atoms. The molecular weight excluding hydrogens is 477 g/mol. The van der Waals surface area contributed by atoms with Crippen LogP contribution in [0.4, 0.5) is 0 Å². The summed E-state index contributed by atoms with van der Waals surface area (Å²) in [5, 5.41) is 11.1. The number of nitrogens with zero attached hydrogens (tertiary/aromatic N) is 3. The van der Waals surface area contributed by atoms with Crippen LogP contribution < -0.4 is 15.4 Å². The zero-order valence-electron chi connectivity index (χ0n) is 16.9. The molecule has 0 aliphatic carbocycles. The summed E-state index contributed by atoms with van der Waals surface area (Å²) in [6.07, 6.45) is 3.73. The molecule has 0 aliphatic rings. The molecule has 2 atom stereocenters. The Morgan fingerprint density at radius 3 is 2.59 bits per heavy atom. The van der Waals surface area contributed by atoms with Crippen molar-refractivity contribution in [3.05, 3.63) is 78.6 Å². The van der Waals surface area contributed by atoms with E-state index in [1.807, 2.05) is 66.3 Å². The van der Waals surface area contributed by atoms with Crippen molar-refractivity contribution in [1.82, 2.24) is 20.4 Å². The first-order chi connectivity index (χ1) is 13.7. The van der Waals surface area contributed by atoms with Gasteiger partial charge in [0.25, 0.3) is 0 Å². The molecule has 2 aromatic carbocycles. The molecule has 7 heteroatoms. The minimum absolute atomic E-state index is 0. The standard InChI is InChI=1S/C22H27N5O.HI/c1-17(28-21-11-5-4-6-12-21)16-24-22(23-3)26-18(2)19-9-7-10-20(15-19)27-14-8-13-25-27;/h4-15,17-18H,16H2,1-3H3,(H2,23,24,26);1H. The maximum atomic E-state index is 5.90. The number of ether oxygens (including phenoxy) is 1. The number of hydrogen-bond acceptors (Lipinski definition) is 3. The van der Waals surface area contributed by atoms with Crippen LogP contribution in [0.5, 0.6) is 5.75 Å². The zero-order valence-corrected chi connectivity index (χ0v) is 19.3. The Morgan fingerprint density at radius 2 is 1.90 bits per heavy atom. The third kappa shape index (κ3) is 6.77. The number of benzene rings is 2. The van der Waals surface area contributed by atoms with Gasteiger partial charge in [0, 0.05) is 19.4 Å². The first kappa shape index (κ1) is 22.7. The third-order valence-corrected chi connectivity index (χ3v) is 4.35. The Labute approximate surface area is 189 Å². The van der Waals surface area contributed by atoms with Crippen LogP contribution in [0.3, 0.4) is 0 Å². The summed E-state index contributed by atoms with van der Waals surface area (Å²) in [7, 11) is 1.77. The lowest BCUT2D eigenvalue weighted by atomic mass is 10.1. The van der Waals surface area contributed by atoms with Crippen molar-refractivity contribution in [2.75, 3.05) is 13.6 Å². The lowest BCUT2D eigenvalue weighted by Crippen LogP contribution is -2.42. The summed E-state index contributed by atoms with van der Waals surface area (Å²) in [5.41, 5.74) is 2.19. The van der Waals surface area contributed by atoms with E-state index in [9.17, 15) is 0 Å². The van der Waals surface area contributed by atoms with Gasteiger partial charge in [-0.1, -0.05) is 30.3 Å². The Morgan fingerprint density at radius 1 is 1.10 bits per heavy atom. The summed E-state index contributed by atoms with van der Waals surface area (Å²) >= 11 is 0. The molecule has 3 aromatic rings. The fourth-order valence-electron chi connectivity index (χ4n) is 2.85. The monoisotopic (exact) mass is 505 g/mol. The van der Waals surface area contributed by atoms with Crippen LogP contribution in [0.15, 0.2) is 78.0 Å². The number of hydrogen-bond donors (Lipinski definition) is 2. The summed E-state index contributed by atoms with van der Waals surface area (Å²) in [6.45, 7) is 4.79. The van der Waals surface area contributed by atoms with E-state index >= 15 is 0 Å². The predicted octanol–water partition coefficient (Wildman–Crippen LogP) is 4.18. The number of guanidine groups is 1. The van der Waals surface area contributed by atoms with Crippen molar-refractivity contribution >= 4 is 29.9 Å². The van der Waals surface area contributed by atoms with Gasteiger partial charge in [-0.2, -0.15) is 5.10 Å². The van der Waals surface area contributed by atoms with E-state index in [0.717, 1.165) is 23.0 Å². The van der Waals surface area contributed by atoms with Crippen molar-refractivity contribution in [2.24, 2.45) is 4.99 Å². The zero-order chi connectivity index (χ0) is 19.8. The van der Waals surface area contributed by atoms with Gasteiger partial charge in [-0.15, -0.1) is 24.0 Å². The van der Waals surface area contributed by atoms with Crippen LogP contribution in [0.2, 0.25) is 0 Å². The molecule has 154 valence electrons. The number of aliphatic imine (C=N–C) groups is 1. The maximum absolute atomic E-state index is 5.90. The second-order valence-corrected chi connectivity index (χ2v) is 6.61. The highest BCUT2D eigenvalue weighted by molar-refractivity contribution is 14.0. The minimum Gasteiger partial charge on any atom is -0.489 e. The van der Waals surface area contributed by atoms with Gasteiger partial charge >= 0.3 is 0 Å². The highest BCUT2D eigenvalue weighted by atomic mass is 127. The van der Waals surface area contributed by atoms with Crippen molar-refractivity contribution < 1.29 is 4.74 Å². The molecule has 3 rings (SSSR count). The summed E-state index contributed by atoms with van der Waals surface area (Å²) in [6, 6.07) is 20.1. The molecule has 6 nitrogen and oxygen atoms in total. The fourth-order valence-corrected chi connectivity index (χ4v) is 2.85. The van der Waals surface area contributed by atoms with Crippen molar-refractivity contribution in [2.45, 2.75) is 26.0 Å². The molecule has 2 N–H and O–H groups in total. The van der Waals surface area contributed by atoms with Gasteiger partial charge in [0.15, 0.2) is 5.96 Å². The Bertz CT molecular complexity index is 883. The van der Waals surface area contributed by atoms with Crippen LogP contribution in [-0.2, 0) is 0 Å². The van der Waals surface area contributed by atoms with Gasteiger partial charge < -0.3 is 15.4 Å². The number of rotatable bonds is 7. The van der Waals surface area contributed by atoms with Crippen LogP contribution in [0.1, 0.15) is 25.5 Å². The average molecular weight is 505 g/mol. The van der Waals surface area contributed by atoms with Crippen LogP contribution in [0, 0.1) is 0 Å². The van der Waals surface area contributed by atoms with E-state index in [4.69, 9.17) is 4.74 Å². The van der Waals surface area contributed by atoms with E-state index < -0.39 is 0 Å². The highest BCUT2D eigenvalue weighted by Crippen LogP contribution is 2.16. The van der Waals surface area contributed by atoms with Crippen molar-refractivity contribution in [1.29, 1.82) is 0 Å². The molecule has 1 aromatic heterocycles. The Hall–Kier alpha value is -2.55. The molecule has 0 spiro atoms. The third-order valence-electron chi connectivity index (χ3n) is 4.35. The van der Waals surface area contributed by atoms with Gasteiger partial charge in [0.05, 0.1) is 18.3 Å². The molecule has 0 saturated heterocycles. The number of aromatic nitrogens is 2. The normalized spacial score (nSPS) is 13.1. The summed E-state index contributed by atoms with van der Waals surface area (Å²) in [4.78, 5) is 4.33. The molecule has 1 heterocycles. The average Bonchev–Trinajstić information content (AvgIpc) is 3.27. The quantitative estimate of drug-likeness (QED) is 0.287. The fraction of sp³-hybridized carbons (Fsp3) is 0.273. The minimum atomic E-state index is 0. The number of para-hydroxylation sites is 1.